The van der Waals surface area contributed by atoms with Crippen LogP contribution in [0.25, 0.3) is 20.4 Å². The number of halogens is 1. The van der Waals surface area contributed by atoms with E-state index in [4.69, 9.17) is 4.98 Å². The van der Waals surface area contributed by atoms with Gasteiger partial charge in [-0.3, -0.25) is 0 Å². The normalized spacial score (nSPS) is 10.5. The van der Waals surface area contributed by atoms with Gasteiger partial charge in [0.25, 0.3) is 0 Å². The Labute approximate surface area is 131 Å². The van der Waals surface area contributed by atoms with Crippen LogP contribution in [0.3, 0.4) is 0 Å². The maximum atomic E-state index is 4.72. The minimum atomic E-state index is 0. The van der Waals surface area contributed by atoms with Gasteiger partial charge < -0.3 is 12.4 Å². The Morgan fingerprint density at radius 3 is 2.32 bits per heavy atom. The smallest absolute Gasteiger partial charge is 1.00 e. The summed E-state index contributed by atoms with van der Waals surface area (Å²) in [4.78, 5) is 6.84. The summed E-state index contributed by atoms with van der Waals surface area (Å²) >= 11 is 3.47. The largest absolute Gasteiger partial charge is 1.00 e. The van der Waals surface area contributed by atoms with Crippen molar-refractivity contribution in [3.8, 4) is 0 Å². The van der Waals surface area contributed by atoms with Gasteiger partial charge in [0.15, 0.2) is 0 Å². The summed E-state index contributed by atoms with van der Waals surface area (Å²) in [6.45, 7) is 0. The van der Waals surface area contributed by atoms with E-state index in [2.05, 4.69) is 55.4 Å². The van der Waals surface area contributed by atoms with Gasteiger partial charge in [0.1, 0.15) is 0 Å². The van der Waals surface area contributed by atoms with Crippen molar-refractivity contribution in [1.82, 2.24) is 4.98 Å². The molecule has 1 atom stereocenters. The molecule has 3 aromatic rings. The topological polar surface area (TPSA) is 16.1 Å². The van der Waals surface area contributed by atoms with E-state index in [-0.39, 0.29) is 12.4 Å². The summed E-state index contributed by atoms with van der Waals surface area (Å²) in [5.74, 6) is 0. The molecule has 5 heteroatoms. The van der Waals surface area contributed by atoms with Crippen LogP contribution in [0.5, 0.6) is 0 Å². The molecule has 0 radical (unpaired) electrons. The van der Waals surface area contributed by atoms with Crippen molar-refractivity contribution in [3.05, 3.63) is 36.4 Å². The maximum Gasteiger partial charge on any atom is -1.00 e. The van der Waals surface area contributed by atoms with Gasteiger partial charge in [-0.15, -0.1) is 0 Å². The van der Waals surface area contributed by atoms with Gasteiger partial charge in [0, 0.05) is 0 Å². The van der Waals surface area contributed by atoms with Gasteiger partial charge in [-0.25, -0.2) is 0 Å². The molecule has 0 saturated heterocycles. The zero-order chi connectivity index (χ0) is 12.7. The third kappa shape index (κ3) is 2.84. The molecule has 1 aromatic heterocycles. The van der Waals surface area contributed by atoms with Crippen molar-refractivity contribution < 1.29 is 12.4 Å². The van der Waals surface area contributed by atoms with Crippen LogP contribution in [0.15, 0.2) is 36.4 Å². The van der Waals surface area contributed by atoms with Crippen molar-refractivity contribution in [2.75, 3.05) is 19.0 Å². The zero-order valence-electron chi connectivity index (χ0n) is 10.7. The van der Waals surface area contributed by atoms with Gasteiger partial charge in [-0.2, -0.15) is 0 Å². The number of rotatable bonds is 1. The molecule has 0 spiro atoms. The second kappa shape index (κ2) is 5.62. The van der Waals surface area contributed by atoms with E-state index >= 15 is 0 Å². The summed E-state index contributed by atoms with van der Waals surface area (Å²) in [6, 6.07) is 12.9. The first kappa shape index (κ1) is 14.5. The average Bonchev–Trinajstić information content (AvgIpc) is 2.35. The summed E-state index contributed by atoms with van der Waals surface area (Å²) in [6.07, 6.45) is 0. The van der Waals surface area contributed by atoms with Gasteiger partial charge in [-0.05, 0) is 0 Å². The molecule has 1 unspecified atom stereocenters. The van der Waals surface area contributed by atoms with Crippen LogP contribution in [-0.4, -0.2) is 35.9 Å². The van der Waals surface area contributed by atoms with Crippen LogP contribution in [0.2, 0.25) is 0 Å². The first-order valence-corrected chi connectivity index (χ1v) is 7.77. The molecule has 98 valence electrons. The van der Waals surface area contributed by atoms with Crippen LogP contribution >= 0.6 is 11.3 Å². The molecule has 19 heavy (non-hydrogen) atoms. The average molecular weight is 353 g/mol. The van der Waals surface area contributed by atoms with E-state index in [9.17, 15) is 0 Å². The quantitative estimate of drug-likeness (QED) is 0.319. The number of hydrogen-bond donors (Lipinski definition) is 0. The van der Waals surface area contributed by atoms with Crippen molar-refractivity contribution in [3.63, 3.8) is 0 Å². The molecule has 2 aromatic carbocycles. The molecule has 0 N–H and O–H groups in total. The minimum Gasteiger partial charge on any atom is -1.00 e. The molecule has 3 rings (SSSR count). The molecule has 0 saturated carbocycles. The van der Waals surface area contributed by atoms with E-state index in [1.165, 1.54) is 19.4 Å². The van der Waals surface area contributed by atoms with Crippen LogP contribution < -0.4 is 21.7 Å². The molecule has 0 aliphatic heterocycles. The summed E-state index contributed by atoms with van der Waals surface area (Å²) in [5, 5.41) is 0. The van der Waals surface area contributed by atoms with Crippen LogP contribution in [0, 0.1) is 0 Å². The second-order valence-corrected chi connectivity index (χ2v) is 6.97. The molecular formula is C14H14AsClN2S. The standard InChI is InChI=1S/C14H14AsN2S.ClH/c1-17(2)10-4-6-12-14(8-10)18-13-7-9(15)3-5-11(13)16-12;/h3-8H,15H2,1-2H3;1H/q+1;/p-1. The monoisotopic (exact) mass is 352 g/mol. The summed E-state index contributed by atoms with van der Waals surface area (Å²) in [7, 11) is 4.12. The fraction of sp³-hybridized carbons (Fsp3) is 0.143. The molecule has 2 nitrogen and oxygen atoms in total. The van der Waals surface area contributed by atoms with E-state index in [0.29, 0.717) is 0 Å². The second-order valence-electron chi connectivity index (χ2n) is 4.49. The predicted octanol–water partition coefficient (Wildman–Crippen LogP) is -0.941. The SMILES string of the molecule is CN(C)c1ccc2nc3ccc([AsH2])cc3[s+]c2c1.[Cl-]. The Morgan fingerprint density at radius 2 is 1.63 bits per heavy atom. The molecule has 0 amide bonds. The van der Waals surface area contributed by atoms with Crippen molar-refractivity contribution in [1.29, 1.82) is 0 Å². The van der Waals surface area contributed by atoms with Gasteiger partial charge in [0.05, 0.1) is 0 Å². The molecule has 0 fully saturated rings. The number of aromatic nitrogens is 1. The van der Waals surface area contributed by atoms with Gasteiger partial charge in [0.2, 0.25) is 0 Å². The van der Waals surface area contributed by atoms with Crippen LogP contribution in [0.1, 0.15) is 0 Å². The summed E-state index contributed by atoms with van der Waals surface area (Å²) < 4.78 is 3.85. The predicted molar refractivity (Wildman–Crippen MR) is 84.0 cm³/mol. The number of hydrogen-bond acceptors (Lipinski definition) is 2. The zero-order valence-corrected chi connectivity index (χ0v) is 14.7. The number of anilines is 1. The number of benzene rings is 2. The fourth-order valence-electron chi connectivity index (χ4n) is 1.91. The molecule has 0 aliphatic carbocycles. The molecule has 0 bridgehead atoms. The number of nitrogens with zero attached hydrogens (tertiary/aromatic N) is 2. The van der Waals surface area contributed by atoms with Gasteiger partial charge in [-0.1, -0.05) is 0 Å². The fourth-order valence-corrected chi connectivity index (χ4v) is 3.76. The van der Waals surface area contributed by atoms with Crippen molar-refractivity contribution >= 4 is 58.7 Å². The van der Waals surface area contributed by atoms with E-state index in [1.807, 2.05) is 11.3 Å². The van der Waals surface area contributed by atoms with E-state index < -0.39 is 0 Å². The van der Waals surface area contributed by atoms with E-state index in [1.54, 1.807) is 16.9 Å². The first-order valence-electron chi connectivity index (χ1n) is 5.74. The molecule has 1 heterocycles. The van der Waals surface area contributed by atoms with Gasteiger partial charge >= 0.3 is 119 Å². The van der Waals surface area contributed by atoms with Crippen molar-refractivity contribution in [2.45, 2.75) is 0 Å². The van der Waals surface area contributed by atoms with E-state index in [0.717, 1.165) is 11.0 Å². The maximum absolute atomic E-state index is 4.72. The minimum absolute atomic E-state index is 0. The van der Waals surface area contributed by atoms with Crippen LogP contribution in [0.4, 0.5) is 5.69 Å². The third-order valence-electron chi connectivity index (χ3n) is 2.90. The Morgan fingerprint density at radius 1 is 1.00 bits per heavy atom. The van der Waals surface area contributed by atoms with Crippen LogP contribution in [-0.2, 0) is 0 Å². The molecule has 0 aliphatic rings. The summed E-state index contributed by atoms with van der Waals surface area (Å²) in [5.41, 5.74) is 3.38. The Kier molecular flexibility index (Phi) is 4.29. The Hall–Kier alpha value is -0.892. The van der Waals surface area contributed by atoms with Crippen molar-refractivity contribution in [2.24, 2.45) is 0 Å². The third-order valence-corrected chi connectivity index (χ3v) is 4.75. The Balaban J connectivity index is 0.00000133. The number of fused-ring (bicyclic) bond motifs is 2. The Bertz CT molecular complexity index is 746. The first-order chi connectivity index (χ1) is 8.63. The molecular weight excluding hydrogens is 339 g/mol.